The van der Waals surface area contributed by atoms with Gasteiger partial charge < -0.3 is 10.6 Å². The van der Waals surface area contributed by atoms with Gasteiger partial charge in [-0.2, -0.15) is 13.2 Å². The number of hydrogen-bond acceptors (Lipinski definition) is 2. The number of amides is 2. The summed E-state index contributed by atoms with van der Waals surface area (Å²) in [6.07, 6.45) is 0. The van der Waals surface area contributed by atoms with Crippen LogP contribution in [0.15, 0.2) is 29.2 Å². The van der Waals surface area contributed by atoms with Gasteiger partial charge in [0, 0.05) is 17.1 Å². The molecule has 0 bridgehead atoms. The fourth-order valence-electron chi connectivity index (χ4n) is 1.29. The molecule has 1 rings (SSSR count). The van der Waals surface area contributed by atoms with Crippen LogP contribution in [-0.4, -0.2) is 18.1 Å². The third kappa shape index (κ3) is 7.28. The lowest BCUT2D eigenvalue weighted by atomic mass is 9.97. The van der Waals surface area contributed by atoms with Crippen molar-refractivity contribution in [1.82, 2.24) is 5.32 Å². The number of urea groups is 1. The molecule has 3 nitrogen and oxygen atoms in total. The lowest BCUT2D eigenvalue weighted by Gasteiger charge is -2.19. The zero-order valence-electron chi connectivity index (χ0n) is 11.5. The number of benzene rings is 1. The third-order valence-electron chi connectivity index (χ3n) is 2.10. The van der Waals surface area contributed by atoms with Crippen molar-refractivity contribution in [3.63, 3.8) is 0 Å². The number of hydrogen-bond donors (Lipinski definition) is 2. The number of nitrogens with one attached hydrogen (secondary N) is 2. The Bertz CT molecular complexity index is 469. The van der Waals surface area contributed by atoms with E-state index in [1.54, 1.807) is 0 Å². The lowest BCUT2D eigenvalue weighted by molar-refractivity contribution is -0.0328. The second-order valence-corrected chi connectivity index (χ2v) is 6.58. The monoisotopic (exact) mass is 306 g/mol. The topological polar surface area (TPSA) is 41.1 Å². The van der Waals surface area contributed by atoms with Gasteiger partial charge in [-0.25, -0.2) is 4.79 Å². The Morgan fingerprint density at radius 1 is 1.25 bits per heavy atom. The number of alkyl halides is 3. The number of carbonyl (C=O) groups excluding carboxylic acids is 1. The minimum atomic E-state index is -4.34. The zero-order valence-corrected chi connectivity index (χ0v) is 12.3. The van der Waals surface area contributed by atoms with Crippen LogP contribution in [0.25, 0.3) is 0 Å². The molecule has 0 saturated carbocycles. The number of halogens is 3. The molecule has 112 valence electrons. The van der Waals surface area contributed by atoms with Crippen molar-refractivity contribution < 1.29 is 18.0 Å². The van der Waals surface area contributed by atoms with Crippen molar-refractivity contribution in [2.45, 2.75) is 31.2 Å². The molecule has 0 atom stereocenters. The molecule has 0 fully saturated rings. The van der Waals surface area contributed by atoms with Gasteiger partial charge in [-0.3, -0.25) is 0 Å². The summed E-state index contributed by atoms with van der Waals surface area (Å²) in [4.78, 5) is 11.6. The zero-order chi connectivity index (χ0) is 15.4. The van der Waals surface area contributed by atoms with Gasteiger partial charge in [0.1, 0.15) is 0 Å². The van der Waals surface area contributed by atoms with Crippen LogP contribution in [0.3, 0.4) is 0 Å². The average molecular weight is 306 g/mol. The second kappa shape index (κ2) is 6.39. The number of rotatable bonds is 3. The highest BCUT2D eigenvalue weighted by molar-refractivity contribution is 8.00. The van der Waals surface area contributed by atoms with E-state index in [0.29, 0.717) is 12.2 Å². The third-order valence-corrected chi connectivity index (χ3v) is 2.83. The first-order valence-electron chi connectivity index (χ1n) is 5.96. The Kier molecular flexibility index (Phi) is 5.33. The van der Waals surface area contributed by atoms with Crippen LogP contribution < -0.4 is 10.6 Å². The SMILES string of the molecule is CC(C)(C)CNC(=O)Nc1cccc(SC(F)(F)F)c1. The first-order chi connectivity index (χ1) is 9.05. The molecule has 20 heavy (non-hydrogen) atoms. The van der Waals surface area contributed by atoms with Gasteiger partial charge in [0.05, 0.1) is 0 Å². The lowest BCUT2D eigenvalue weighted by Crippen LogP contribution is -2.35. The fourth-order valence-corrected chi connectivity index (χ4v) is 1.89. The highest BCUT2D eigenvalue weighted by Gasteiger charge is 2.29. The summed E-state index contributed by atoms with van der Waals surface area (Å²) in [6, 6.07) is 5.20. The van der Waals surface area contributed by atoms with Gasteiger partial charge in [0.25, 0.3) is 0 Å². The highest BCUT2D eigenvalue weighted by atomic mass is 32.2. The van der Waals surface area contributed by atoms with Gasteiger partial charge in [0.2, 0.25) is 0 Å². The molecule has 7 heteroatoms. The summed E-state index contributed by atoms with van der Waals surface area (Å²) in [7, 11) is 0. The normalized spacial score (nSPS) is 12.1. The summed E-state index contributed by atoms with van der Waals surface area (Å²) in [5.74, 6) is 0. The first kappa shape index (κ1) is 16.7. The van der Waals surface area contributed by atoms with Crippen LogP contribution in [0.5, 0.6) is 0 Å². The minimum absolute atomic E-state index is 0.0334. The summed E-state index contributed by atoms with van der Waals surface area (Å²) >= 11 is -0.212. The standard InChI is InChI=1S/C13H17F3N2OS/c1-12(2,3)8-17-11(19)18-9-5-4-6-10(7-9)20-13(14,15)16/h4-7H,8H2,1-3H3,(H2,17,18,19). The molecule has 1 aromatic rings. The molecule has 0 saturated heterocycles. The van der Waals surface area contributed by atoms with E-state index in [2.05, 4.69) is 10.6 Å². The van der Waals surface area contributed by atoms with E-state index in [-0.39, 0.29) is 22.1 Å². The molecule has 0 heterocycles. The first-order valence-corrected chi connectivity index (χ1v) is 6.77. The molecule has 0 aromatic heterocycles. The van der Waals surface area contributed by atoms with Crippen molar-refractivity contribution in [1.29, 1.82) is 0 Å². The van der Waals surface area contributed by atoms with E-state index in [9.17, 15) is 18.0 Å². The Hall–Kier alpha value is -1.37. The molecule has 0 unspecified atom stereocenters. The predicted molar refractivity (Wildman–Crippen MR) is 74.8 cm³/mol. The maximum absolute atomic E-state index is 12.3. The van der Waals surface area contributed by atoms with Crippen LogP contribution in [0.4, 0.5) is 23.7 Å². The molecule has 1 aromatic carbocycles. The number of carbonyl (C=O) groups is 1. The van der Waals surface area contributed by atoms with E-state index >= 15 is 0 Å². The molecule has 2 amide bonds. The van der Waals surface area contributed by atoms with Crippen molar-refractivity contribution in [2.75, 3.05) is 11.9 Å². The van der Waals surface area contributed by atoms with Gasteiger partial charge in [-0.05, 0) is 35.4 Å². The average Bonchev–Trinajstić information content (AvgIpc) is 2.23. The van der Waals surface area contributed by atoms with Gasteiger partial charge in [-0.1, -0.05) is 26.8 Å². The van der Waals surface area contributed by atoms with Crippen LogP contribution in [-0.2, 0) is 0 Å². The number of anilines is 1. The molecule has 0 radical (unpaired) electrons. The second-order valence-electron chi connectivity index (χ2n) is 5.44. The molecular formula is C13H17F3N2OS. The van der Waals surface area contributed by atoms with Crippen LogP contribution in [0.1, 0.15) is 20.8 Å². The molecule has 0 aliphatic rings. The van der Waals surface area contributed by atoms with Crippen LogP contribution in [0.2, 0.25) is 0 Å². The van der Waals surface area contributed by atoms with Gasteiger partial charge in [-0.15, -0.1) is 0 Å². The molecule has 2 N–H and O–H groups in total. The van der Waals surface area contributed by atoms with E-state index in [0.717, 1.165) is 0 Å². The fraction of sp³-hybridized carbons (Fsp3) is 0.462. The molecule has 0 aliphatic carbocycles. The summed E-state index contributed by atoms with van der Waals surface area (Å²) < 4.78 is 36.8. The predicted octanol–water partition coefficient (Wildman–Crippen LogP) is 4.47. The Morgan fingerprint density at radius 3 is 2.45 bits per heavy atom. The van der Waals surface area contributed by atoms with Crippen molar-refractivity contribution in [2.24, 2.45) is 5.41 Å². The van der Waals surface area contributed by atoms with Crippen LogP contribution in [0, 0.1) is 5.41 Å². The van der Waals surface area contributed by atoms with E-state index in [1.165, 1.54) is 24.3 Å². The van der Waals surface area contributed by atoms with Crippen molar-refractivity contribution in [3.05, 3.63) is 24.3 Å². The van der Waals surface area contributed by atoms with E-state index in [1.807, 2.05) is 20.8 Å². The van der Waals surface area contributed by atoms with Crippen LogP contribution >= 0.6 is 11.8 Å². The summed E-state index contributed by atoms with van der Waals surface area (Å²) in [5.41, 5.74) is -4.08. The summed E-state index contributed by atoms with van der Waals surface area (Å²) in [6.45, 7) is 6.37. The maximum Gasteiger partial charge on any atom is 0.446 e. The molecule has 0 aliphatic heterocycles. The minimum Gasteiger partial charge on any atom is -0.337 e. The van der Waals surface area contributed by atoms with Crippen molar-refractivity contribution >= 4 is 23.5 Å². The van der Waals surface area contributed by atoms with E-state index in [4.69, 9.17) is 0 Å². The molecule has 0 spiro atoms. The smallest absolute Gasteiger partial charge is 0.337 e. The Morgan fingerprint density at radius 2 is 1.90 bits per heavy atom. The molecular weight excluding hydrogens is 289 g/mol. The largest absolute Gasteiger partial charge is 0.446 e. The Labute approximate surface area is 120 Å². The van der Waals surface area contributed by atoms with Gasteiger partial charge >= 0.3 is 11.5 Å². The maximum atomic E-state index is 12.3. The highest BCUT2D eigenvalue weighted by Crippen LogP contribution is 2.37. The quantitative estimate of drug-likeness (QED) is 0.809. The Balaban J connectivity index is 2.60. The van der Waals surface area contributed by atoms with E-state index < -0.39 is 11.5 Å². The summed E-state index contributed by atoms with van der Waals surface area (Å²) in [5, 5.41) is 5.17. The van der Waals surface area contributed by atoms with Gasteiger partial charge in [0.15, 0.2) is 0 Å². The number of thioether (sulfide) groups is 1. The van der Waals surface area contributed by atoms with Crippen molar-refractivity contribution in [3.8, 4) is 0 Å².